The maximum absolute atomic E-state index is 12.5. The van der Waals surface area contributed by atoms with E-state index >= 15 is 0 Å². The second kappa shape index (κ2) is 8.63. The summed E-state index contributed by atoms with van der Waals surface area (Å²) < 4.78 is 22.1. The number of alkyl halides is 1. The summed E-state index contributed by atoms with van der Waals surface area (Å²) in [6.07, 6.45) is 0.183. The molecule has 6 heteroatoms. The summed E-state index contributed by atoms with van der Waals surface area (Å²) in [4.78, 5) is 22.7. The lowest BCUT2D eigenvalue weighted by atomic mass is 10.0. The van der Waals surface area contributed by atoms with E-state index in [1.165, 1.54) is 21.1 Å². The third-order valence-corrected chi connectivity index (χ3v) is 2.23. The lowest BCUT2D eigenvalue weighted by Crippen LogP contribution is -2.27. The van der Waals surface area contributed by atoms with Gasteiger partial charge in [0.2, 0.25) is 5.91 Å². The molecule has 0 saturated carbocycles. The van der Waals surface area contributed by atoms with E-state index in [1.807, 2.05) is 0 Å². The van der Waals surface area contributed by atoms with E-state index < -0.39 is 12.6 Å². The van der Waals surface area contributed by atoms with Crippen LogP contribution < -0.4 is 5.32 Å². The number of nitrogens with one attached hydrogen (secondary N) is 1. The minimum absolute atomic E-state index is 0.0586. The lowest BCUT2D eigenvalue weighted by molar-refractivity contribution is -0.136. The van der Waals surface area contributed by atoms with Gasteiger partial charge >= 0.3 is 5.97 Å². The molecule has 0 bridgehead atoms. The summed E-state index contributed by atoms with van der Waals surface area (Å²) in [5.74, 6) is -1.24. The molecule has 1 amide bonds. The number of carbonyl (C=O) groups excluding carboxylic acids is 2. The van der Waals surface area contributed by atoms with Crippen LogP contribution in [0, 0.1) is 5.92 Å². The first-order valence-corrected chi connectivity index (χ1v) is 5.59. The summed E-state index contributed by atoms with van der Waals surface area (Å²) in [6.45, 7) is 2.49. The Morgan fingerprint density at radius 2 is 1.94 bits per heavy atom. The van der Waals surface area contributed by atoms with Crippen molar-refractivity contribution in [1.29, 1.82) is 0 Å². The molecule has 0 aliphatic heterocycles. The molecule has 0 aromatic heterocycles. The molecule has 0 aliphatic carbocycles. The zero-order valence-electron chi connectivity index (χ0n) is 11.2. The molecule has 1 unspecified atom stereocenters. The molecule has 0 fully saturated rings. The highest BCUT2D eigenvalue weighted by Crippen LogP contribution is 2.17. The standard InChI is InChI=1S/C12H20FNO4/c1-8(6-13)5-10(12(16)18-4)11(7-17-3)14-9(2)15/h8H,5-7H2,1-4H3,(H,14,15)/b11-10+. The first kappa shape index (κ1) is 16.6. The molecule has 0 saturated heterocycles. The number of amides is 1. The number of hydrogen-bond donors (Lipinski definition) is 1. The van der Waals surface area contributed by atoms with Gasteiger partial charge in [0.05, 0.1) is 31.7 Å². The first-order valence-electron chi connectivity index (χ1n) is 5.59. The molecule has 1 N–H and O–H groups in total. The Morgan fingerprint density at radius 1 is 1.33 bits per heavy atom. The minimum atomic E-state index is -0.587. The maximum Gasteiger partial charge on any atom is 0.335 e. The van der Waals surface area contributed by atoms with Crippen LogP contribution in [0.5, 0.6) is 0 Å². The van der Waals surface area contributed by atoms with Crippen LogP contribution in [0.4, 0.5) is 4.39 Å². The summed E-state index contributed by atoms with van der Waals surface area (Å²) in [5.41, 5.74) is 0.553. The summed E-state index contributed by atoms with van der Waals surface area (Å²) in [6, 6.07) is 0. The Balaban J connectivity index is 5.24. The number of carbonyl (C=O) groups is 2. The van der Waals surface area contributed by atoms with Crippen molar-refractivity contribution in [2.45, 2.75) is 20.3 Å². The average Bonchev–Trinajstić information content (AvgIpc) is 2.33. The zero-order valence-corrected chi connectivity index (χ0v) is 11.2. The number of rotatable bonds is 7. The van der Waals surface area contributed by atoms with Crippen LogP contribution in [-0.2, 0) is 19.1 Å². The fourth-order valence-corrected chi connectivity index (χ4v) is 1.41. The summed E-state index contributed by atoms with van der Waals surface area (Å²) in [5, 5.41) is 2.52. The van der Waals surface area contributed by atoms with E-state index in [9.17, 15) is 14.0 Å². The van der Waals surface area contributed by atoms with Crippen LogP contribution in [0.15, 0.2) is 11.3 Å². The second-order valence-electron chi connectivity index (χ2n) is 4.03. The number of halogens is 1. The molecule has 0 aromatic carbocycles. The van der Waals surface area contributed by atoms with Gasteiger partial charge in [-0.15, -0.1) is 0 Å². The molecule has 0 rings (SSSR count). The van der Waals surface area contributed by atoms with E-state index in [0.717, 1.165) is 0 Å². The maximum atomic E-state index is 12.5. The zero-order chi connectivity index (χ0) is 14.1. The Kier molecular flexibility index (Phi) is 7.94. The van der Waals surface area contributed by atoms with Gasteiger partial charge in [0.15, 0.2) is 0 Å². The Labute approximate surface area is 106 Å². The Morgan fingerprint density at radius 3 is 2.33 bits per heavy atom. The SMILES string of the molecule is COC/C(NC(C)=O)=C(/CC(C)CF)C(=O)OC. The molecule has 0 aromatic rings. The summed E-state index contributed by atoms with van der Waals surface area (Å²) >= 11 is 0. The number of hydrogen-bond acceptors (Lipinski definition) is 4. The van der Waals surface area contributed by atoms with Crippen molar-refractivity contribution in [2.24, 2.45) is 5.92 Å². The first-order chi connectivity index (χ1) is 8.46. The topological polar surface area (TPSA) is 64.6 Å². The van der Waals surface area contributed by atoms with E-state index in [-0.39, 0.29) is 30.4 Å². The molecule has 18 heavy (non-hydrogen) atoms. The predicted octanol–water partition coefficient (Wildman–Crippen LogP) is 1.19. The summed E-state index contributed by atoms with van der Waals surface area (Å²) in [7, 11) is 2.68. The Bertz CT molecular complexity index is 328. The smallest absolute Gasteiger partial charge is 0.335 e. The van der Waals surface area contributed by atoms with Gasteiger partial charge in [-0.1, -0.05) is 6.92 Å². The molecule has 0 radical (unpaired) electrons. The molecule has 0 spiro atoms. The van der Waals surface area contributed by atoms with Crippen LogP contribution >= 0.6 is 0 Å². The van der Waals surface area contributed by atoms with Gasteiger partial charge < -0.3 is 14.8 Å². The van der Waals surface area contributed by atoms with E-state index in [4.69, 9.17) is 4.74 Å². The van der Waals surface area contributed by atoms with E-state index in [2.05, 4.69) is 10.1 Å². The monoisotopic (exact) mass is 261 g/mol. The average molecular weight is 261 g/mol. The Hall–Kier alpha value is -1.43. The van der Waals surface area contributed by atoms with Crippen LogP contribution in [0.3, 0.4) is 0 Å². The van der Waals surface area contributed by atoms with Crippen molar-refractivity contribution < 1.29 is 23.5 Å². The van der Waals surface area contributed by atoms with Gasteiger partial charge in [-0.25, -0.2) is 4.79 Å². The quantitative estimate of drug-likeness (QED) is 0.552. The highest BCUT2D eigenvalue weighted by molar-refractivity contribution is 5.90. The third-order valence-electron chi connectivity index (χ3n) is 2.23. The number of esters is 1. The number of ether oxygens (including phenoxy) is 2. The predicted molar refractivity (Wildman–Crippen MR) is 64.5 cm³/mol. The van der Waals surface area contributed by atoms with E-state index in [0.29, 0.717) is 5.70 Å². The molecule has 0 aliphatic rings. The van der Waals surface area contributed by atoms with Gasteiger partial charge in [0.25, 0.3) is 0 Å². The largest absolute Gasteiger partial charge is 0.466 e. The van der Waals surface area contributed by atoms with Gasteiger partial charge in [-0.2, -0.15) is 0 Å². The molecule has 1 atom stereocenters. The normalized spacial score (nSPS) is 13.6. The van der Waals surface area contributed by atoms with Gasteiger partial charge in [0.1, 0.15) is 0 Å². The molecular formula is C12H20FNO4. The minimum Gasteiger partial charge on any atom is -0.466 e. The third kappa shape index (κ3) is 5.77. The van der Waals surface area contributed by atoms with Crippen molar-refractivity contribution in [3.05, 3.63) is 11.3 Å². The van der Waals surface area contributed by atoms with Crippen LogP contribution in [-0.4, -0.2) is 39.4 Å². The molecular weight excluding hydrogens is 241 g/mol. The van der Waals surface area contributed by atoms with Crippen molar-refractivity contribution in [2.75, 3.05) is 27.5 Å². The second-order valence-corrected chi connectivity index (χ2v) is 4.03. The fourth-order valence-electron chi connectivity index (χ4n) is 1.41. The van der Waals surface area contributed by atoms with Gasteiger partial charge in [-0.05, 0) is 12.3 Å². The highest BCUT2D eigenvalue weighted by atomic mass is 19.1. The van der Waals surface area contributed by atoms with Crippen LogP contribution in [0.25, 0.3) is 0 Å². The van der Waals surface area contributed by atoms with Crippen molar-refractivity contribution in [1.82, 2.24) is 5.32 Å². The number of methoxy groups -OCH3 is 2. The van der Waals surface area contributed by atoms with Gasteiger partial charge in [-0.3, -0.25) is 9.18 Å². The fraction of sp³-hybridized carbons (Fsp3) is 0.667. The van der Waals surface area contributed by atoms with E-state index in [1.54, 1.807) is 6.92 Å². The van der Waals surface area contributed by atoms with Crippen LogP contribution in [0.2, 0.25) is 0 Å². The van der Waals surface area contributed by atoms with Gasteiger partial charge in [0, 0.05) is 14.0 Å². The van der Waals surface area contributed by atoms with Crippen molar-refractivity contribution >= 4 is 11.9 Å². The van der Waals surface area contributed by atoms with Crippen LogP contribution in [0.1, 0.15) is 20.3 Å². The molecule has 5 nitrogen and oxygen atoms in total. The molecule has 104 valence electrons. The lowest BCUT2D eigenvalue weighted by Gasteiger charge is -2.15. The molecule has 0 heterocycles. The van der Waals surface area contributed by atoms with Crippen molar-refractivity contribution in [3.63, 3.8) is 0 Å². The highest BCUT2D eigenvalue weighted by Gasteiger charge is 2.19. The van der Waals surface area contributed by atoms with Crippen molar-refractivity contribution in [3.8, 4) is 0 Å².